The quantitative estimate of drug-likeness (QED) is 0.486. The van der Waals surface area contributed by atoms with Crippen LogP contribution in [0.3, 0.4) is 0 Å². The molecule has 3 heteroatoms. The summed E-state index contributed by atoms with van der Waals surface area (Å²) in [6.45, 7) is 7.61. The van der Waals surface area contributed by atoms with E-state index in [1.54, 1.807) is 0 Å². The summed E-state index contributed by atoms with van der Waals surface area (Å²) in [5.74, 6) is 3.72. The average molecular weight is 328 g/mol. The molecule has 0 aromatic heterocycles. The molecule has 1 rings (SSSR count). The normalized spacial score (nSPS) is 25.4. The maximum Gasteiger partial charge on any atom is 0.143 e. The molecular weight excluding hydrogens is 286 g/mol. The largest absolute Gasteiger partial charge is 0.371 e. The van der Waals surface area contributed by atoms with Crippen molar-refractivity contribution in [3.8, 4) is 0 Å². The SMILES string of the molecule is CCCC(C)C1CCC(CCC(C)CCC(COCO)NC)C1. The first-order chi connectivity index (χ1) is 11.1. The first-order valence-electron chi connectivity index (χ1n) is 9.96. The van der Waals surface area contributed by atoms with Gasteiger partial charge in [0.15, 0.2) is 0 Å². The second kappa shape index (κ2) is 12.3. The Labute approximate surface area is 144 Å². The molecule has 0 aliphatic heterocycles. The first kappa shape index (κ1) is 20.9. The fraction of sp³-hybridized carbons (Fsp3) is 1.00. The minimum atomic E-state index is -0.174. The number of aliphatic hydroxyl groups excluding tert-OH is 1. The minimum absolute atomic E-state index is 0.174. The van der Waals surface area contributed by atoms with Crippen LogP contribution in [0.1, 0.15) is 78.6 Å². The van der Waals surface area contributed by atoms with E-state index >= 15 is 0 Å². The Balaban J connectivity index is 2.15. The lowest BCUT2D eigenvalue weighted by Gasteiger charge is -2.20. The Hall–Kier alpha value is -0.120. The van der Waals surface area contributed by atoms with Crippen LogP contribution < -0.4 is 5.32 Å². The molecule has 0 bridgehead atoms. The van der Waals surface area contributed by atoms with Crippen LogP contribution in [0.15, 0.2) is 0 Å². The molecule has 138 valence electrons. The van der Waals surface area contributed by atoms with Crippen molar-refractivity contribution in [2.75, 3.05) is 20.4 Å². The van der Waals surface area contributed by atoms with Crippen LogP contribution in [-0.4, -0.2) is 31.6 Å². The molecule has 0 spiro atoms. The number of nitrogens with one attached hydrogen (secondary N) is 1. The number of hydrogen-bond acceptors (Lipinski definition) is 3. The van der Waals surface area contributed by atoms with Crippen molar-refractivity contribution in [2.45, 2.75) is 84.6 Å². The van der Waals surface area contributed by atoms with Gasteiger partial charge >= 0.3 is 0 Å². The van der Waals surface area contributed by atoms with E-state index in [1.807, 2.05) is 7.05 Å². The lowest BCUT2D eigenvalue weighted by molar-refractivity contribution is -0.0115. The molecule has 1 saturated carbocycles. The Morgan fingerprint density at radius 3 is 2.57 bits per heavy atom. The maximum atomic E-state index is 8.74. The van der Waals surface area contributed by atoms with Gasteiger partial charge in [0.2, 0.25) is 0 Å². The Kier molecular flexibility index (Phi) is 11.2. The van der Waals surface area contributed by atoms with Crippen LogP contribution in [0, 0.1) is 23.7 Å². The molecule has 2 N–H and O–H groups in total. The number of hydrogen-bond donors (Lipinski definition) is 2. The second-order valence-electron chi connectivity index (χ2n) is 7.95. The third-order valence-corrected chi connectivity index (χ3v) is 6.02. The molecule has 5 atom stereocenters. The molecule has 0 saturated heterocycles. The molecule has 0 aromatic carbocycles. The summed E-state index contributed by atoms with van der Waals surface area (Å²) in [5, 5.41) is 12.0. The first-order valence-corrected chi connectivity index (χ1v) is 9.96. The van der Waals surface area contributed by atoms with Crippen molar-refractivity contribution in [3.63, 3.8) is 0 Å². The summed E-state index contributed by atoms with van der Waals surface area (Å²) in [6, 6.07) is 0.371. The fourth-order valence-electron chi connectivity index (χ4n) is 4.24. The zero-order valence-electron chi connectivity index (χ0n) is 16.0. The molecule has 3 nitrogen and oxygen atoms in total. The van der Waals surface area contributed by atoms with Crippen LogP contribution in [0.5, 0.6) is 0 Å². The van der Waals surface area contributed by atoms with Gasteiger partial charge < -0.3 is 15.2 Å². The van der Waals surface area contributed by atoms with Gasteiger partial charge in [-0.1, -0.05) is 52.9 Å². The molecule has 1 fully saturated rings. The lowest BCUT2D eigenvalue weighted by atomic mass is 9.87. The highest BCUT2D eigenvalue weighted by atomic mass is 16.6. The Bertz CT molecular complexity index is 285. The van der Waals surface area contributed by atoms with Crippen molar-refractivity contribution in [3.05, 3.63) is 0 Å². The van der Waals surface area contributed by atoms with E-state index < -0.39 is 0 Å². The molecule has 0 radical (unpaired) electrons. The summed E-state index contributed by atoms with van der Waals surface area (Å²) < 4.78 is 5.11. The zero-order valence-corrected chi connectivity index (χ0v) is 16.0. The summed E-state index contributed by atoms with van der Waals surface area (Å²) in [5.41, 5.74) is 0. The van der Waals surface area contributed by atoms with E-state index in [2.05, 4.69) is 26.1 Å². The van der Waals surface area contributed by atoms with Crippen molar-refractivity contribution in [1.29, 1.82) is 0 Å². The van der Waals surface area contributed by atoms with E-state index in [0.717, 1.165) is 30.1 Å². The topological polar surface area (TPSA) is 41.5 Å². The summed E-state index contributed by atoms with van der Waals surface area (Å²) >= 11 is 0. The standard InChI is InChI=1S/C20H41NO2/c1-5-6-17(3)19-11-10-18(13-19)9-7-16(2)8-12-20(21-4)14-23-15-22/h16-22H,5-15H2,1-4H3. The van der Waals surface area contributed by atoms with Gasteiger partial charge in [0, 0.05) is 6.04 Å². The average Bonchev–Trinajstić information content (AvgIpc) is 3.02. The Morgan fingerprint density at radius 1 is 1.13 bits per heavy atom. The molecule has 0 aromatic rings. The van der Waals surface area contributed by atoms with Crippen LogP contribution in [0.2, 0.25) is 0 Å². The summed E-state index contributed by atoms with van der Waals surface area (Å²) in [7, 11) is 1.98. The molecular formula is C20H41NO2. The number of likely N-dealkylation sites (N-methyl/N-ethyl adjacent to an activating group) is 1. The molecule has 1 aliphatic rings. The van der Waals surface area contributed by atoms with Gasteiger partial charge in [-0.3, -0.25) is 0 Å². The summed E-state index contributed by atoms with van der Waals surface area (Å²) in [4.78, 5) is 0. The van der Waals surface area contributed by atoms with Gasteiger partial charge in [-0.05, 0) is 56.4 Å². The second-order valence-corrected chi connectivity index (χ2v) is 7.95. The monoisotopic (exact) mass is 327 g/mol. The molecule has 23 heavy (non-hydrogen) atoms. The Morgan fingerprint density at radius 2 is 1.91 bits per heavy atom. The predicted octanol–water partition coefficient (Wildman–Crippen LogP) is 4.59. The van der Waals surface area contributed by atoms with Crippen LogP contribution in [0.25, 0.3) is 0 Å². The number of rotatable bonds is 13. The van der Waals surface area contributed by atoms with Gasteiger partial charge in [-0.2, -0.15) is 0 Å². The van der Waals surface area contributed by atoms with Crippen molar-refractivity contribution >= 4 is 0 Å². The van der Waals surface area contributed by atoms with E-state index in [1.165, 1.54) is 51.4 Å². The van der Waals surface area contributed by atoms with Crippen molar-refractivity contribution in [1.82, 2.24) is 5.32 Å². The third-order valence-electron chi connectivity index (χ3n) is 6.02. The molecule has 0 heterocycles. The number of aliphatic hydroxyl groups is 1. The highest BCUT2D eigenvalue weighted by Gasteiger charge is 2.28. The third kappa shape index (κ3) is 8.51. The maximum absolute atomic E-state index is 8.74. The summed E-state index contributed by atoms with van der Waals surface area (Å²) in [6.07, 6.45) is 12.4. The zero-order chi connectivity index (χ0) is 17.1. The predicted molar refractivity (Wildman–Crippen MR) is 98.4 cm³/mol. The van der Waals surface area contributed by atoms with Gasteiger partial charge in [0.25, 0.3) is 0 Å². The highest BCUT2D eigenvalue weighted by Crippen LogP contribution is 2.40. The van der Waals surface area contributed by atoms with Crippen LogP contribution in [-0.2, 0) is 4.74 Å². The molecule has 1 aliphatic carbocycles. The lowest BCUT2D eigenvalue weighted by Crippen LogP contribution is -2.31. The van der Waals surface area contributed by atoms with Gasteiger partial charge in [0.05, 0.1) is 6.61 Å². The van der Waals surface area contributed by atoms with E-state index in [4.69, 9.17) is 9.84 Å². The van der Waals surface area contributed by atoms with Gasteiger partial charge in [-0.25, -0.2) is 0 Å². The van der Waals surface area contributed by atoms with Crippen LogP contribution in [0.4, 0.5) is 0 Å². The fourth-order valence-corrected chi connectivity index (χ4v) is 4.24. The van der Waals surface area contributed by atoms with E-state index in [9.17, 15) is 0 Å². The smallest absolute Gasteiger partial charge is 0.143 e. The van der Waals surface area contributed by atoms with Crippen LogP contribution >= 0.6 is 0 Å². The van der Waals surface area contributed by atoms with E-state index in [0.29, 0.717) is 12.6 Å². The van der Waals surface area contributed by atoms with Gasteiger partial charge in [0.1, 0.15) is 6.79 Å². The minimum Gasteiger partial charge on any atom is -0.371 e. The number of ether oxygens (including phenoxy) is 1. The highest BCUT2D eigenvalue weighted by molar-refractivity contribution is 4.79. The van der Waals surface area contributed by atoms with Crippen molar-refractivity contribution in [2.24, 2.45) is 23.7 Å². The molecule has 0 amide bonds. The molecule has 5 unspecified atom stereocenters. The van der Waals surface area contributed by atoms with Crippen molar-refractivity contribution < 1.29 is 9.84 Å². The van der Waals surface area contributed by atoms with Gasteiger partial charge in [-0.15, -0.1) is 0 Å². The van der Waals surface area contributed by atoms with E-state index in [-0.39, 0.29) is 6.79 Å².